The number of halogens is 2. The third-order valence-corrected chi connectivity index (χ3v) is 3.77. The summed E-state index contributed by atoms with van der Waals surface area (Å²) in [6.07, 6.45) is 1.76. The van der Waals surface area contributed by atoms with E-state index < -0.39 is 0 Å². The summed E-state index contributed by atoms with van der Waals surface area (Å²) in [7, 11) is 0. The average Bonchev–Trinajstić information content (AvgIpc) is 2.97. The highest BCUT2D eigenvalue weighted by molar-refractivity contribution is 7.12. The van der Waals surface area contributed by atoms with E-state index >= 15 is 0 Å². The number of aryl methyl sites for hydroxylation is 1. The Morgan fingerprint density at radius 3 is 2.67 bits per heavy atom. The molecule has 0 saturated carbocycles. The molecule has 0 radical (unpaired) electrons. The van der Waals surface area contributed by atoms with Gasteiger partial charge in [-0.2, -0.15) is 0 Å². The third kappa shape index (κ3) is 4.20. The van der Waals surface area contributed by atoms with E-state index in [1.165, 1.54) is 0 Å². The standard InChI is InChI=1S/C13H18N4OS.2ClH/c1-8(7-14)16-12(18)11-6-9(2)17(10(11)3)13-15-4-5-19-13;;/h4-6,8H,7,14H2,1-3H3,(H,16,18);2*1H/t8-;;/m0../s1. The molecule has 1 atom stereocenters. The first-order chi connectivity index (χ1) is 9.04. The molecule has 0 aliphatic carbocycles. The summed E-state index contributed by atoms with van der Waals surface area (Å²) in [5.74, 6) is -0.0890. The number of aromatic nitrogens is 2. The Labute approximate surface area is 140 Å². The van der Waals surface area contributed by atoms with Crippen LogP contribution in [0, 0.1) is 13.8 Å². The van der Waals surface area contributed by atoms with Crippen LogP contribution in [-0.2, 0) is 0 Å². The fourth-order valence-electron chi connectivity index (χ4n) is 1.97. The average molecular weight is 351 g/mol. The van der Waals surface area contributed by atoms with E-state index in [1.807, 2.05) is 36.8 Å². The van der Waals surface area contributed by atoms with Crippen molar-refractivity contribution in [1.29, 1.82) is 0 Å². The first kappa shape index (κ1) is 19.9. The SMILES string of the molecule is Cc1cc(C(=O)N[C@@H](C)CN)c(C)n1-c1nccs1.Cl.Cl. The summed E-state index contributed by atoms with van der Waals surface area (Å²) in [4.78, 5) is 16.5. The first-order valence-electron chi connectivity index (χ1n) is 6.14. The van der Waals surface area contributed by atoms with Gasteiger partial charge in [-0.25, -0.2) is 4.98 Å². The van der Waals surface area contributed by atoms with Gasteiger partial charge >= 0.3 is 0 Å². The maximum Gasteiger partial charge on any atom is 0.253 e. The van der Waals surface area contributed by atoms with Crippen LogP contribution in [0.25, 0.3) is 5.13 Å². The van der Waals surface area contributed by atoms with Crippen molar-refractivity contribution in [3.63, 3.8) is 0 Å². The monoisotopic (exact) mass is 350 g/mol. The number of nitrogens with zero attached hydrogens (tertiary/aromatic N) is 2. The number of nitrogens with one attached hydrogen (secondary N) is 1. The van der Waals surface area contributed by atoms with Crippen molar-refractivity contribution in [2.24, 2.45) is 5.73 Å². The zero-order chi connectivity index (χ0) is 14.0. The highest BCUT2D eigenvalue weighted by atomic mass is 35.5. The molecule has 0 aliphatic rings. The largest absolute Gasteiger partial charge is 0.348 e. The summed E-state index contributed by atoms with van der Waals surface area (Å²) in [5.41, 5.74) is 8.09. The molecule has 0 aliphatic heterocycles. The van der Waals surface area contributed by atoms with Crippen molar-refractivity contribution in [3.8, 4) is 5.13 Å². The second-order valence-electron chi connectivity index (χ2n) is 4.55. The minimum atomic E-state index is -0.0890. The van der Waals surface area contributed by atoms with Crippen LogP contribution in [0.4, 0.5) is 0 Å². The molecule has 2 aromatic heterocycles. The van der Waals surface area contributed by atoms with Crippen LogP contribution < -0.4 is 11.1 Å². The van der Waals surface area contributed by atoms with Gasteiger partial charge in [0.1, 0.15) is 0 Å². The van der Waals surface area contributed by atoms with E-state index in [-0.39, 0.29) is 36.8 Å². The van der Waals surface area contributed by atoms with Crippen LogP contribution in [0.2, 0.25) is 0 Å². The lowest BCUT2D eigenvalue weighted by Crippen LogP contribution is -2.37. The number of rotatable bonds is 4. The predicted octanol–water partition coefficient (Wildman–Crippen LogP) is 2.47. The summed E-state index contributed by atoms with van der Waals surface area (Å²) in [6, 6.07) is 1.85. The summed E-state index contributed by atoms with van der Waals surface area (Å²) < 4.78 is 1.99. The quantitative estimate of drug-likeness (QED) is 0.889. The molecule has 0 spiro atoms. The Morgan fingerprint density at radius 1 is 1.48 bits per heavy atom. The van der Waals surface area contributed by atoms with E-state index in [0.29, 0.717) is 12.1 Å². The fraction of sp³-hybridized carbons (Fsp3) is 0.385. The zero-order valence-corrected chi connectivity index (χ0v) is 14.6. The first-order valence-corrected chi connectivity index (χ1v) is 7.02. The van der Waals surface area contributed by atoms with E-state index in [0.717, 1.165) is 16.5 Å². The Hall–Kier alpha value is -1.08. The van der Waals surface area contributed by atoms with Crippen LogP contribution in [0.3, 0.4) is 0 Å². The van der Waals surface area contributed by atoms with Gasteiger partial charge in [-0.3, -0.25) is 9.36 Å². The van der Waals surface area contributed by atoms with Crippen molar-refractivity contribution in [1.82, 2.24) is 14.9 Å². The third-order valence-electron chi connectivity index (χ3n) is 3.02. The van der Waals surface area contributed by atoms with Crippen molar-refractivity contribution in [2.75, 3.05) is 6.54 Å². The van der Waals surface area contributed by atoms with Gasteiger partial charge in [-0.1, -0.05) is 0 Å². The van der Waals surface area contributed by atoms with Crippen molar-refractivity contribution >= 4 is 42.1 Å². The molecule has 2 rings (SSSR count). The van der Waals surface area contributed by atoms with Gasteiger partial charge in [0.2, 0.25) is 0 Å². The lowest BCUT2D eigenvalue weighted by Gasteiger charge is -2.11. The van der Waals surface area contributed by atoms with Gasteiger partial charge < -0.3 is 11.1 Å². The van der Waals surface area contributed by atoms with E-state index in [2.05, 4.69) is 10.3 Å². The maximum absolute atomic E-state index is 12.2. The van der Waals surface area contributed by atoms with Crippen molar-refractivity contribution in [3.05, 3.63) is 34.6 Å². The molecule has 0 unspecified atom stereocenters. The molecule has 0 bridgehead atoms. The second-order valence-corrected chi connectivity index (χ2v) is 5.42. The molecular formula is C13H20Cl2N4OS. The van der Waals surface area contributed by atoms with E-state index in [4.69, 9.17) is 5.73 Å². The highest BCUT2D eigenvalue weighted by Gasteiger charge is 2.18. The lowest BCUT2D eigenvalue weighted by atomic mass is 10.2. The minimum Gasteiger partial charge on any atom is -0.348 e. The Balaban J connectivity index is 0.00000200. The van der Waals surface area contributed by atoms with Gasteiger partial charge in [0, 0.05) is 35.6 Å². The van der Waals surface area contributed by atoms with Gasteiger partial charge in [0.15, 0.2) is 5.13 Å². The molecule has 8 heteroatoms. The number of nitrogens with two attached hydrogens (primary N) is 1. The molecule has 5 nitrogen and oxygen atoms in total. The predicted molar refractivity (Wildman–Crippen MR) is 91.4 cm³/mol. The molecule has 0 saturated heterocycles. The maximum atomic E-state index is 12.2. The molecule has 2 aromatic rings. The van der Waals surface area contributed by atoms with E-state index in [1.54, 1.807) is 17.5 Å². The van der Waals surface area contributed by atoms with Gasteiger partial charge in [-0.15, -0.1) is 36.2 Å². The van der Waals surface area contributed by atoms with Crippen LogP contribution >= 0.6 is 36.2 Å². The second kappa shape index (κ2) is 8.38. The minimum absolute atomic E-state index is 0. The topological polar surface area (TPSA) is 72.9 Å². The molecule has 0 fully saturated rings. The number of carbonyl (C=O) groups is 1. The lowest BCUT2D eigenvalue weighted by molar-refractivity contribution is 0.0940. The van der Waals surface area contributed by atoms with Gasteiger partial charge in [0.05, 0.1) is 5.56 Å². The van der Waals surface area contributed by atoms with Gasteiger partial charge in [-0.05, 0) is 26.8 Å². The summed E-state index contributed by atoms with van der Waals surface area (Å²) in [5, 5.41) is 5.68. The summed E-state index contributed by atoms with van der Waals surface area (Å²) in [6.45, 7) is 6.21. The van der Waals surface area contributed by atoms with Crippen molar-refractivity contribution in [2.45, 2.75) is 26.8 Å². The molecular weight excluding hydrogens is 331 g/mol. The number of thiazole rings is 1. The normalized spacial score (nSPS) is 11.2. The Bertz CT molecular complexity index is 583. The Morgan fingerprint density at radius 2 is 2.14 bits per heavy atom. The fourth-order valence-corrected chi connectivity index (χ4v) is 2.73. The zero-order valence-electron chi connectivity index (χ0n) is 12.1. The van der Waals surface area contributed by atoms with Crippen molar-refractivity contribution < 1.29 is 4.79 Å². The number of hydrogen-bond donors (Lipinski definition) is 2. The van der Waals surface area contributed by atoms with Crippen LogP contribution in [0.5, 0.6) is 0 Å². The van der Waals surface area contributed by atoms with Crippen LogP contribution in [-0.4, -0.2) is 28.0 Å². The van der Waals surface area contributed by atoms with Gasteiger partial charge in [0.25, 0.3) is 5.91 Å². The molecule has 0 aromatic carbocycles. The highest BCUT2D eigenvalue weighted by Crippen LogP contribution is 2.22. The van der Waals surface area contributed by atoms with Crippen LogP contribution in [0.15, 0.2) is 17.6 Å². The number of amides is 1. The summed E-state index contributed by atoms with van der Waals surface area (Å²) >= 11 is 1.55. The number of hydrogen-bond acceptors (Lipinski definition) is 4. The van der Waals surface area contributed by atoms with E-state index in [9.17, 15) is 4.79 Å². The molecule has 118 valence electrons. The molecule has 21 heavy (non-hydrogen) atoms. The molecule has 2 heterocycles. The molecule has 3 N–H and O–H groups in total. The smallest absolute Gasteiger partial charge is 0.253 e. The Kier molecular flexibility index (Phi) is 7.95. The van der Waals surface area contributed by atoms with Crippen LogP contribution in [0.1, 0.15) is 28.7 Å². The number of carbonyl (C=O) groups excluding carboxylic acids is 1. The molecule has 1 amide bonds.